The molecule has 1 aromatic carbocycles. The summed E-state index contributed by atoms with van der Waals surface area (Å²) in [4.78, 5) is 22.1. The molecule has 0 heterocycles. The summed E-state index contributed by atoms with van der Waals surface area (Å²) in [5.74, 6) is -2.58. The van der Waals surface area contributed by atoms with Gasteiger partial charge in [0.1, 0.15) is 5.92 Å². The number of carboxylic acids is 1. The fourth-order valence-electron chi connectivity index (χ4n) is 1.32. The minimum Gasteiger partial charge on any atom is -0.481 e. The number of hydrogen-bond donors (Lipinski definition) is 2. The van der Waals surface area contributed by atoms with Crippen LogP contribution < -0.4 is 5.32 Å². The topological polar surface area (TPSA) is 66.4 Å². The summed E-state index contributed by atoms with van der Waals surface area (Å²) in [6.45, 7) is 0. The Morgan fingerprint density at radius 2 is 1.93 bits per heavy atom. The van der Waals surface area contributed by atoms with Crippen LogP contribution in [-0.2, 0) is 16.0 Å². The highest BCUT2D eigenvalue weighted by molar-refractivity contribution is 5.97. The first-order chi connectivity index (χ1) is 7.15. The van der Waals surface area contributed by atoms with Gasteiger partial charge in [0, 0.05) is 7.05 Å². The second-order valence-electron chi connectivity index (χ2n) is 3.19. The van der Waals surface area contributed by atoms with Crippen LogP contribution in [0.3, 0.4) is 0 Å². The van der Waals surface area contributed by atoms with Crippen LogP contribution in [0.1, 0.15) is 5.56 Å². The predicted molar refractivity (Wildman–Crippen MR) is 55.3 cm³/mol. The van der Waals surface area contributed by atoms with Crippen molar-refractivity contribution in [3.8, 4) is 0 Å². The Labute approximate surface area is 87.9 Å². The van der Waals surface area contributed by atoms with Crippen LogP contribution in [0.4, 0.5) is 0 Å². The molecule has 0 bridgehead atoms. The maximum Gasteiger partial charge on any atom is 0.316 e. The second kappa shape index (κ2) is 5.14. The molecule has 0 saturated carbocycles. The van der Waals surface area contributed by atoms with Crippen LogP contribution >= 0.6 is 0 Å². The van der Waals surface area contributed by atoms with E-state index in [-0.39, 0.29) is 6.42 Å². The van der Waals surface area contributed by atoms with Crippen molar-refractivity contribution < 1.29 is 14.7 Å². The third kappa shape index (κ3) is 3.09. The third-order valence-electron chi connectivity index (χ3n) is 2.14. The van der Waals surface area contributed by atoms with Crippen LogP contribution in [0.25, 0.3) is 0 Å². The molecule has 0 aliphatic rings. The van der Waals surface area contributed by atoms with Gasteiger partial charge in [0.15, 0.2) is 0 Å². The molecule has 1 atom stereocenters. The van der Waals surface area contributed by atoms with Crippen molar-refractivity contribution >= 4 is 11.9 Å². The standard InChI is InChI=1S/C11H13NO3/c1-12-10(13)9(11(14)15)7-8-5-3-2-4-6-8/h2-6,9H,7H2,1H3,(H,12,13)(H,14,15). The summed E-state index contributed by atoms with van der Waals surface area (Å²) in [7, 11) is 1.43. The fraction of sp³-hybridized carbons (Fsp3) is 0.273. The molecule has 80 valence electrons. The molecule has 0 spiro atoms. The number of aliphatic carboxylic acids is 1. The average Bonchev–Trinajstić information content (AvgIpc) is 2.26. The van der Waals surface area contributed by atoms with Gasteiger partial charge >= 0.3 is 5.97 Å². The maximum atomic E-state index is 11.3. The van der Waals surface area contributed by atoms with Gasteiger partial charge in [-0.05, 0) is 12.0 Å². The highest BCUT2D eigenvalue weighted by Gasteiger charge is 2.25. The first-order valence-corrected chi connectivity index (χ1v) is 4.63. The summed E-state index contributed by atoms with van der Waals surface area (Å²) >= 11 is 0. The number of carbonyl (C=O) groups is 2. The number of carboxylic acid groups (broad SMARTS) is 1. The van der Waals surface area contributed by atoms with Gasteiger partial charge in [-0.25, -0.2) is 0 Å². The second-order valence-corrected chi connectivity index (χ2v) is 3.19. The van der Waals surface area contributed by atoms with Gasteiger partial charge in [0.2, 0.25) is 5.91 Å². The van der Waals surface area contributed by atoms with Gasteiger partial charge in [0.05, 0.1) is 0 Å². The van der Waals surface area contributed by atoms with E-state index >= 15 is 0 Å². The van der Waals surface area contributed by atoms with E-state index in [1.807, 2.05) is 18.2 Å². The predicted octanol–water partition coefficient (Wildman–Crippen LogP) is 0.676. The van der Waals surface area contributed by atoms with Crippen molar-refractivity contribution in [2.75, 3.05) is 7.05 Å². The number of nitrogens with one attached hydrogen (secondary N) is 1. The van der Waals surface area contributed by atoms with Crippen molar-refractivity contribution in [1.82, 2.24) is 5.32 Å². The van der Waals surface area contributed by atoms with Gasteiger partial charge in [0.25, 0.3) is 0 Å². The van der Waals surface area contributed by atoms with Gasteiger partial charge < -0.3 is 10.4 Å². The van der Waals surface area contributed by atoms with Crippen molar-refractivity contribution in [1.29, 1.82) is 0 Å². The van der Waals surface area contributed by atoms with E-state index < -0.39 is 17.8 Å². The van der Waals surface area contributed by atoms with Gasteiger partial charge in [-0.1, -0.05) is 30.3 Å². The molecule has 0 aromatic heterocycles. The van der Waals surface area contributed by atoms with E-state index in [0.717, 1.165) is 5.56 Å². The minimum absolute atomic E-state index is 0.218. The number of carbonyl (C=O) groups excluding carboxylic acids is 1. The molecule has 0 aliphatic heterocycles. The zero-order valence-corrected chi connectivity index (χ0v) is 8.43. The van der Waals surface area contributed by atoms with E-state index in [2.05, 4.69) is 5.32 Å². The number of amides is 1. The quantitative estimate of drug-likeness (QED) is 0.713. The van der Waals surface area contributed by atoms with Gasteiger partial charge in [-0.15, -0.1) is 0 Å². The average molecular weight is 207 g/mol. The van der Waals surface area contributed by atoms with Crippen molar-refractivity contribution in [2.24, 2.45) is 5.92 Å². The third-order valence-corrected chi connectivity index (χ3v) is 2.14. The Morgan fingerprint density at radius 1 is 1.33 bits per heavy atom. The number of benzene rings is 1. The molecule has 2 N–H and O–H groups in total. The molecule has 1 aromatic rings. The molecule has 0 fully saturated rings. The van der Waals surface area contributed by atoms with E-state index in [4.69, 9.17) is 5.11 Å². The summed E-state index contributed by atoms with van der Waals surface area (Å²) < 4.78 is 0. The lowest BCUT2D eigenvalue weighted by Gasteiger charge is -2.10. The molecule has 1 amide bonds. The molecule has 0 saturated heterocycles. The van der Waals surface area contributed by atoms with Crippen LogP contribution in [0.5, 0.6) is 0 Å². The van der Waals surface area contributed by atoms with Crippen LogP contribution in [0, 0.1) is 5.92 Å². The summed E-state index contributed by atoms with van der Waals surface area (Å²) in [6.07, 6.45) is 0.218. The molecule has 0 radical (unpaired) electrons. The first kappa shape index (κ1) is 11.2. The number of hydrogen-bond acceptors (Lipinski definition) is 2. The minimum atomic E-state index is -1.10. The zero-order chi connectivity index (χ0) is 11.3. The Kier molecular flexibility index (Phi) is 3.85. The lowest BCUT2D eigenvalue weighted by molar-refractivity contribution is -0.146. The van der Waals surface area contributed by atoms with Crippen LogP contribution in [0.15, 0.2) is 30.3 Å². The van der Waals surface area contributed by atoms with E-state index in [1.54, 1.807) is 12.1 Å². The fourth-order valence-corrected chi connectivity index (χ4v) is 1.32. The zero-order valence-electron chi connectivity index (χ0n) is 8.43. The van der Waals surface area contributed by atoms with E-state index in [9.17, 15) is 9.59 Å². The van der Waals surface area contributed by atoms with Crippen molar-refractivity contribution in [2.45, 2.75) is 6.42 Å². The van der Waals surface area contributed by atoms with Crippen LogP contribution in [0.2, 0.25) is 0 Å². The Morgan fingerprint density at radius 3 is 2.40 bits per heavy atom. The molecule has 0 aliphatic carbocycles. The highest BCUT2D eigenvalue weighted by Crippen LogP contribution is 2.09. The molecular weight excluding hydrogens is 194 g/mol. The molecule has 4 nitrogen and oxygen atoms in total. The monoisotopic (exact) mass is 207 g/mol. The smallest absolute Gasteiger partial charge is 0.316 e. The number of rotatable bonds is 4. The van der Waals surface area contributed by atoms with Crippen molar-refractivity contribution in [3.63, 3.8) is 0 Å². The lowest BCUT2D eigenvalue weighted by atomic mass is 9.99. The van der Waals surface area contributed by atoms with Gasteiger partial charge in [-0.3, -0.25) is 9.59 Å². The Hall–Kier alpha value is -1.84. The van der Waals surface area contributed by atoms with E-state index in [1.165, 1.54) is 7.05 Å². The Balaban J connectivity index is 2.76. The van der Waals surface area contributed by atoms with Crippen molar-refractivity contribution in [3.05, 3.63) is 35.9 Å². The molecule has 4 heteroatoms. The van der Waals surface area contributed by atoms with Gasteiger partial charge in [-0.2, -0.15) is 0 Å². The molecular formula is C11H13NO3. The largest absolute Gasteiger partial charge is 0.481 e. The SMILES string of the molecule is CNC(=O)C(Cc1ccccc1)C(=O)O. The lowest BCUT2D eigenvalue weighted by Crippen LogP contribution is -2.34. The Bertz CT molecular complexity index is 348. The summed E-state index contributed by atoms with van der Waals surface area (Å²) in [5.41, 5.74) is 0.841. The normalized spacial score (nSPS) is 11.8. The van der Waals surface area contributed by atoms with E-state index in [0.29, 0.717) is 0 Å². The summed E-state index contributed by atoms with van der Waals surface area (Å²) in [5, 5.41) is 11.2. The molecule has 1 rings (SSSR count). The molecule has 1 unspecified atom stereocenters. The highest BCUT2D eigenvalue weighted by atomic mass is 16.4. The molecule has 15 heavy (non-hydrogen) atoms. The summed E-state index contributed by atoms with van der Waals surface area (Å²) in [6, 6.07) is 9.09. The first-order valence-electron chi connectivity index (χ1n) is 4.63. The maximum absolute atomic E-state index is 11.3. The van der Waals surface area contributed by atoms with Crippen LogP contribution in [-0.4, -0.2) is 24.0 Å².